The van der Waals surface area contributed by atoms with Gasteiger partial charge in [-0.05, 0) is 41.0 Å². The zero-order valence-electron chi connectivity index (χ0n) is 17.0. The van der Waals surface area contributed by atoms with Gasteiger partial charge in [-0.3, -0.25) is 9.59 Å². The molecule has 4 nitrogen and oxygen atoms in total. The van der Waals surface area contributed by atoms with Gasteiger partial charge in [0.1, 0.15) is 0 Å². The van der Waals surface area contributed by atoms with Gasteiger partial charge in [-0.1, -0.05) is 63.8 Å². The van der Waals surface area contributed by atoms with Gasteiger partial charge in [-0.2, -0.15) is 0 Å². The van der Waals surface area contributed by atoms with Crippen LogP contribution in [0.1, 0.15) is 64.0 Å². The number of carboxylic acids is 1. The Bertz CT molecular complexity index is 797. The number of aliphatic carboxylic acids is 1. The van der Waals surface area contributed by atoms with E-state index in [0.29, 0.717) is 6.42 Å². The van der Waals surface area contributed by atoms with E-state index in [4.69, 9.17) is 16.7 Å². The molecule has 1 aliphatic carbocycles. The summed E-state index contributed by atoms with van der Waals surface area (Å²) in [7, 11) is 0. The summed E-state index contributed by atoms with van der Waals surface area (Å²) in [6.45, 7) is 6.54. The summed E-state index contributed by atoms with van der Waals surface area (Å²) < 4.78 is 0. The quantitative estimate of drug-likeness (QED) is 0.681. The van der Waals surface area contributed by atoms with E-state index in [2.05, 4.69) is 32.9 Å². The Labute approximate surface area is 172 Å². The minimum atomic E-state index is -0.894. The van der Waals surface area contributed by atoms with Crippen LogP contribution >= 0.6 is 11.6 Å². The summed E-state index contributed by atoms with van der Waals surface area (Å²) in [5, 5.41) is 9.74. The van der Waals surface area contributed by atoms with Crippen LogP contribution in [0.25, 0.3) is 0 Å². The monoisotopic (exact) mass is 403 g/mol. The zero-order chi connectivity index (χ0) is 20.5. The highest BCUT2D eigenvalue weighted by Gasteiger charge is 2.40. The zero-order valence-corrected chi connectivity index (χ0v) is 17.8. The Morgan fingerprint density at radius 1 is 1.36 bits per heavy atom. The molecular formula is C23H30ClNO3. The highest BCUT2D eigenvalue weighted by molar-refractivity contribution is 6.31. The van der Waals surface area contributed by atoms with Crippen LogP contribution in [0.2, 0.25) is 5.02 Å². The van der Waals surface area contributed by atoms with Crippen molar-refractivity contribution in [3.8, 4) is 0 Å². The lowest BCUT2D eigenvalue weighted by Crippen LogP contribution is -2.42. The van der Waals surface area contributed by atoms with Crippen molar-refractivity contribution in [2.24, 2.45) is 11.8 Å². The van der Waals surface area contributed by atoms with Gasteiger partial charge in [-0.25, -0.2) is 0 Å². The number of carboxylic acid groups (broad SMARTS) is 1. The molecule has 1 fully saturated rings. The molecule has 1 aliphatic heterocycles. The van der Waals surface area contributed by atoms with E-state index in [1.807, 2.05) is 12.3 Å². The average Bonchev–Trinajstić information content (AvgIpc) is 2.57. The molecule has 28 heavy (non-hydrogen) atoms. The van der Waals surface area contributed by atoms with Gasteiger partial charge in [0.2, 0.25) is 5.91 Å². The second-order valence-corrected chi connectivity index (χ2v) is 9.19. The fourth-order valence-electron chi connectivity index (χ4n) is 4.41. The number of hydrogen-bond donors (Lipinski definition) is 1. The molecule has 0 aromatic heterocycles. The maximum absolute atomic E-state index is 12.8. The first-order chi connectivity index (χ1) is 13.2. The van der Waals surface area contributed by atoms with Crippen LogP contribution in [0, 0.1) is 11.8 Å². The van der Waals surface area contributed by atoms with Crippen molar-refractivity contribution in [1.29, 1.82) is 0 Å². The van der Waals surface area contributed by atoms with E-state index in [9.17, 15) is 9.59 Å². The summed E-state index contributed by atoms with van der Waals surface area (Å²) in [6, 6.07) is 6.28. The first-order valence-electron chi connectivity index (χ1n) is 10.2. The first-order valence-corrected chi connectivity index (χ1v) is 10.6. The number of rotatable bonds is 7. The van der Waals surface area contributed by atoms with Crippen molar-refractivity contribution in [3.63, 3.8) is 0 Å². The van der Waals surface area contributed by atoms with Crippen molar-refractivity contribution in [2.75, 3.05) is 6.54 Å². The Kier molecular flexibility index (Phi) is 6.18. The van der Waals surface area contributed by atoms with Gasteiger partial charge < -0.3 is 10.0 Å². The van der Waals surface area contributed by atoms with Crippen LogP contribution in [-0.4, -0.2) is 28.4 Å². The molecule has 0 bridgehead atoms. The minimum absolute atomic E-state index is 0.0391. The Balaban J connectivity index is 1.90. The molecule has 1 aromatic rings. The second-order valence-electron chi connectivity index (χ2n) is 8.79. The highest BCUT2D eigenvalue weighted by Crippen LogP contribution is 2.44. The Hall–Kier alpha value is -1.81. The van der Waals surface area contributed by atoms with Crippen molar-refractivity contribution in [1.82, 2.24) is 4.90 Å². The number of hydrogen-bond acceptors (Lipinski definition) is 2. The van der Waals surface area contributed by atoms with Crippen LogP contribution in [-0.2, 0) is 21.4 Å². The van der Waals surface area contributed by atoms with Crippen molar-refractivity contribution < 1.29 is 14.7 Å². The number of carbonyl (C=O) groups is 2. The molecule has 1 amide bonds. The van der Waals surface area contributed by atoms with Crippen LogP contribution in [0.15, 0.2) is 30.0 Å². The van der Waals surface area contributed by atoms with Crippen LogP contribution in [0.3, 0.4) is 0 Å². The third kappa shape index (κ3) is 4.27. The molecular weight excluding hydrogens is 374 g/mol. The van der Waals surface area contributed by atoms with Gasteiger partial charge in [0, 0.05) is 29.6 Å². The van der Waals surface area contributed by atoms with E-state index in [0.717, 1.165) is 28.5 Å². The fraction of sp³-hybridized carbons (Fsp3) is 0.565. The normalized spacial score (nSPS) is 23.0. The number of nitrogens with zero attached hydrogens (tertiary/aromatic N) is 1. The molecule has 1 N–H and O–H groups in total. The van der Waals surface area contributed by atoms with E-state index >= 15 is 0 Å². The number of benzene rings is 1. The Morgan fingerprint density at radius 2 is 2.07 bits per heavy atom. The SMILES string of the molecule is CC(C)C1=CN(CCC(=O)O)C(=O)C[C@@]1(C)c1ccc(CC2CCC2)c(Cl)c1. The molecule has 0 unspecified atom stereocenters. The molecule has 0 saturated heterocycles. The predicted octanol–water partition coefficient (Wildman–Crippen LogP) is 5.19. The number of halogens is 1. The molecule has 0 radical (unpaired) electrons. The molecule has 0 spiro atoms. The maximum Gasteiger partial charge on any atom is 0.305 e. The first kappa shape index (κ1) is 20.9. The smallest absolute Gasteiger partial charge is 0.305 e. The predicted molar refractivity (Wildman–Crippen MR) is 111 cm³/mol. The van der Waals surface area contributed by atoms with Gasteiger partial charge in [-0.15, -0.1) is 0 Å². The van der Waals surface area contributed by atoms with Crippen molar-refractivity contribution in [3.05, 3.63) is 46.1 Å². The summed E-state index contributed by atoms with van der Waals surface area (Å²) in [5.41, 5.74) is 2.96. The third-order valence-electron chi connectivity index (χ3n) is 6.37. The molecule has 3 rings (SSSR count). The van der Waals surface area contributed by atoms with Gasteiger partial charge >= 0.3 is 5.97 Å². The largest absolute Gasteiger partial charge is 0.481 e. The number of amides is 1. The summed E-state index contributed by atoms with van der Waals surface area (Å²) in [5.74, 6) is 0.0558. The lowest BCUT2D eigenvalue weighted by Gasteiger charge is -2.41. The summed E-state index contributed by atoms with van der Waals surface area (Å²) >= 11 is 6.63. The standard InChI is InChI=1S/C23H30ClNO3/c1-15(2)19-14-25(10-9-22(27)28)21(26)13-23(19,3)18-8-7-17(20(24)12-18)11-16-5-4-6-16/h7-8,12,14-16H,4-6,9-11,13H2,1-3H3,(H,27,28)/t23-/m0/s1. The summed E-state index contributed by atoms with van der Waals surface area (Å²) in [4.78, 5) is 25.2. The minimum Gasteiger partial charge on any atom is -0.481 e. The number of carbonyl (C=O) groups excluding carboxylic acids is 1. The molecule has 1 saturated carbocycles. The topological polar surface area (TPSA) is 57.6 Å². The Morgan fingerprint density at radius 3 is 2.61 bits per heavy atom. The fourth-order valence-corrected chi connectivity index (χ4v) is 4.67. The lowest BCUT2D eigenvalue weighted by atomic mass is 9.68. The molecule has 1 heterocycles. The van der Waals surface area contributed by atoms with Crippen molar-refractivity contribution >= 4 is 23.5 Å². The second kappa shape index (κ2) is 8.28. The van der Waals surface area contributed by atoms with E-state index in [1.165, 1.54) is 24.8 Å². The third-order valence-corrected chi connectivity index (χ3v) is 6.72. The highest BCUT2D eigenvalue weighted by atomic mass is 35.5. The van der Waals surface area contributed by atoms with Gasteiger partial charge in [0.05, 0.1) is 6.42 Å². The molecule has 5 heteroatoms. The lowest BCUT2D eigenvalue weighted by molar-refractivity contribution is -0.138. The van der Waals surface area contributed by atoms with Crippen LogP contribution < -0.4 is 0 Å². The van der Waals surface area contributed by atoms with Crippen molar-refractivity contribution in [2.45, 2.75) is 64.7 Å². The average molecular weight is 404 g/mol. The van der Waals surface area contributed by atoms with Gasteiger partial charge in [0.25, 0.3) is 0 Å². The number of allylic oxidation sites excluding steroid dienone is 1. The van der Waals surface area contributed by atoms with E-state index in [1.54, 1.807) is 4.90 Å². The summed E-state index contributed by atoms with van der Waals surface area (Å²) in [6.07, 6.45) is 7.08. The molecule has 1 aromatic carbocycles. The molecule has 2 aliphatic rings. The van der Waals surface area contributed by atoms with E-state index in [-0.39, 0.29) is 24.8 Å². The van der Waals surface area contributed by atoms with Crippen LogP contribution in [0.5, 0.6) is 0 Å². The van der Waals surface area contributed by atoms with E-state index < -0.39 is 11.4 Å². The molecule has 1 atom stereocenters. The van der Waals surface area contributed by atoms with Gasteiger partial charge in [0.15, 0.2) is 0 Å². The molecule has 152 valence electrons. The van der Waals surface area contributed by atoms with Crippen LogP contribution in [0.4, 0.5) is 0 Å². The maximum atomic E-state index is 12.8.